The van der Waals surface area contributed by atoms with Crippen molar-refractivity contribution in [3.8, 4) is 0 Å². The van der Waals surface area contributed by atoms with E-state index in [2.05, 4.69) is 15.3 Å². The van der Waals surface area contributed by atoms with Gasteiger partial charge >= 0.3 is 6.09 Å². The smallest absolute Gasteiger partial charge is 0.407 e. The minimum atomic E-state index is -0.504. The van der Waals surface area contributed by atoms with Crippen LogP contribution in [0.4, 0.5) is 4.79 Å². The Kier molecular flexibility index (Phi) is 7.70. The van der Waals surface area contributed by atoms with E-state index >= 15 is 0 Å². The van der Waals surface area contributed by atoms with Crippen molar-refractivity contribution in [2.45, 2.75) is 54.1 Å². The summed E-state index contributed by atoms with van der Waals surface area (Å²) in [5.74, 6) is 0. The summed E-state index contributed by atoms with van der Waals surface area (Å²) in [6.45, 7) is 15.3. The van der Waals surface area contributed by atoms with E-state index < -0.39 is 11.7 Å². The zero-order valence-corrected chi connectivity index (χ0v) is 14.9. The van der Waals surface area contributed by atoms with Gasteiger partial charge in [0.2, 0.25) is 0 Å². The summed E-state index contributed by atoms with van der Waals surface area (Å²) in [6.07, 6.45) is -0.427. The molecule has 0 unspecified atom stereocenters. The number of ether oxygens (including phenoxy) is 2. The molecule has 0 aromatic carbocycles. The lowest BCUT2D eigenvalue weighted by atomic mass is 9.93. The number of rotatable bonds is 8. The molecule has 0 spiro atoms. The molecule has 1 N–H and O–H groups in total. The van der Waals surface area contributed by atoms with Crippen LogP contribution in [0.15, 0.2) is 5.11 Å². The number of azide groups is 1. The van der Waals surface area contributed by atoms with Crippen molar-refractivity contribution < 1.29 is 14.3 Å². The van der Waals surface area contributed by atoms with Crippen LogP contribution in [0.2, 0.25) is 0 Å². The zero-order valence-electron chi connectivity index (χ0n) is 14.9. The van der Waals surface area contributed by atoms with Crippen LogP contribution in [0.1, 0.15) is 48.5 Å². The Hall–Kier alpha value is -1.46. The third-order valence-electron chi connectivity index (χ3n) is 2.66. The maximum Gasteiger partial charge on any atom is 0.407 e. The summed E-state index contributed by atoms with van der Waals surface area (Å²) in [7, 11) is 0. The van der Waals surface area contributed by atoms with Crippen LogP contribution in [0, 0.1) is 10.8 Å². The lowest BCUT2D eigenvalue weighted by Crippen LogP contribution is -2.40. The molecule has 0 aliphatic heterocycles. The van der Waals surface area contributed by atoms with Gasteiger partial charge in [-0.3, -0.25) is 0 Å². The Morgan fingerprint density at radius 1 is 1.09 bits per heavy atom. The molecule has 7 heteroatoms. The van der Waals surface area contributed by atoms with Gasteiger partial charge < -0.3 is 14.8 Å². The van der Waals surface area contributed by atoms with Crippen LogP contribution >= 0.6 is 0 Å². The fourth-order valence-corrected chi connectivity index (χ4v) is 1.55. The standard InChI is InChI=1S/C15H30N4O3/c1-13(2,3)22-12(20)17-8-14(4,5)10-21-11-15(6,7)9-18-19-16/h8-11H2,1-7H3,(H,17,20). The van der Waals surface area contributed by atoms with Crippen LogP contribution in [0.25, 0.3) is 10.4 Å². The third-order valence-corrected chi connectivity index (χ3v) is 2.66. The molecular formula is C15H30N4O3. The van der Waals surface area contributed by atoms with E-state index in [9.17, 15) is 4.79 Å². The van der Waals surface area contributed by atoms with Crippen molar-refractivity contribution in [1.82, 2.24) is 5.32 Å². The molecule has 0 saturated heterocycles. The normalized spacial score (nSPS) is 12.5. The Morgan fingerprint density at radius 3 is 2.14 bits per heavy atom. The molecule has 1 amide bonds. The quantitative estimate of drug-likeness (QED) is 0.418. The van der Waals surface area contributed by atoms with Gasteiger partial charge in [-0.05, 0) is 31.7 Å². The molecule has 0 bridgehead atoms. The van der Waals surface area contributed by atoms with Gasteiger partial charge in [0.25, 0.3) is 0 Å². The van der Waals surface area contributed by atoms with E-state index in [4.69, 9.17) is 15.0 Å². The molecule has 0 fully saturated rings. The van der Waals surface area contributed by atoms with E-state index in [1.165, 1.54) is 0 Å². The lowest BCUT2D eigenvalue weighted by Gasteiger charge is -2.29. The molecule has 22 heavy (non-hydrogen) atoms. The average Bonchev–Trinajstić information content (AvgIpc) is 2.32. The maximum atomic E-state index is 11.6. The van der Waals surface area contributed by atoms with Crippen molar-refractivity contribution in [2.75, 3.05) is 26.3 Å². The van der Waals surface area contributed by atoms with Crippen LogP contribution in [-0.4, -0.2) is 38.0 Å². The molecule has 0 saturated carbocycles. The SMILES string of the molecule is CC(C)(CN=[N+]=[N-])COCC(C)(C)CNC(=O)OC(C)(C)C. The number of alkyl carbamates (subject to hydrolysis) is 1. The average molecular weight is 314 g/mol. The third kappa shape index (κ3) is 11.2. The number of amides is 1. The topological polar surface area (TPSA) is 96.3 Å². The second kappa shape index (κ2) is 8.25. The first kappa shape index (κ1) is 20.5. The molecular weight excluding hydrogens is 284 g/mol. The van der Waals surface area contributed by atoms with Gasteiger partial charge in [-0.15, -0.1) is 0 Å². The summed E-state index contributed by atoms with van der Waals surface area (Å²) in [5.41, 5.74) is 7.42. The molecule has 128 valence electrons. The first-order valence-electron chi connectivity index (χ1n) is 7.42. The second-order valence-corrected chi connectivity index (χ2v) is 8.07. The predicted molar refractivity (Wildman–Crippen MR) is 86.6 cm³/mol. The molecule has 0 radical (unpaired) electrons. The van der Waals surface area contributed by atoms with E-state index in [0.717, 1.165) is 0 Å². The molecule has 0 atom stereocenters. The number of nitrogens with zero attached hydrogens (tertiary/aromatic N) is 3. The van der Waals surface area contributed by atoms with Crippen molar-refractivity contribution >= 4 is 6.09 Å². The summed E-state index contributed by atoms with van der Waals surface area (Å²) in [6, 6.07) is 0. The fourth-order valence-electron chi connectivity index (χ4n) is 1.55. The van der Waals surface area contributed by atoms with Gasteiger partial charge in [0.05, 0.1) is 13.2 Å². The summed E-state index contributed by atoms with van der Waals surface area (Å²) in [4.78, 5) is 14.4. The maximum absolute atomic E-state index is 11.6. The van der Waals surface area contributed by atoms with Crippen molar-refractivity contribution in [3.63, 3.8) is 0 Å². The Labute approximate surface area is 133 Å². The van der Waals surface area contributed by atoms with Crippen molar-refractivity contribution in [1.29, 1.82) is 0 Å². The van der Waals surface area contributed by atoms with E-state index in [-0.39, 0.29) is 10.8 Å². The Morgan fingerprint density at radius 2 is 1.64 bits per heavy atom. The number of carbonyl (C=O) groups is 1. The van der Waals surface area contributed by atoms with Crippen molar-refractivity contribution in [2.24, 2.45) is 15.9 Å². The number of nitrogens with one attached hydrogen (secondary N) is 1. The number of carbonyl (C=O) groups excluding carboxylic acids is 1. The van der Waals surface area contributed by atoms with E-state index in [1.807, 2.05) is 48.5 Å². The largest absolute Gasteiger partial charge is 0.444 e. The molecule has 0 heterocycles. The highest BCUT2D eigenvalue weighted by atomic mass is 16.6. The highest BCUT2D eigenvalue weighted by Crippen LogP contribution is 2.20. The van der Waals surface area contributed by atoms with Gasteiger partial charge in [-0.2, -0.15) is 0 Å². The Bertz CT molecular complexity index is 408. The highest BCUT2D eigenvalue weighted by molar-refractivity contribution is 5.67. The van der Waals surface area contributed by atoms with Gasteiger partial charge in [-0.25, -0.2) is 4.79 Å². The van der Waals surface area contributed by atoms with Gasteiger partial charge in [-0.1, -0.05) is 32.8 Å². The van der Waals surface area contributed by atoms with E-state index in [1.54, 1.807) is 0 Å². The zero-order chi connectivity index (χ0) is 17.4. The van der Waals surface area contributed by atoms with Crippen LogP contribution in [0.5, 0.6) is 0 Å². The molecule has 0 aromatic heterocycles. The molecule has 7 nitrogen and oxygen atoms in total. The fraction of sp³-hybridized carbons (Fsp3) is 0.933. The summed E-state index contributed by atoms with van der Waals surface area (Å²) in [5, 5.41) is 6.33. The number of hydrogen-bond donors (Lipinski definition) is 1. The first-order valence-corrected chi connectivity index (χ1v) is 7.42. The molecule has 0 aromatic rings. The monoisotopic (exact) mass is 314 g/mol. The summed E-state index contributed by atoms with van der Waals surface area (Å²) < 4.78 is 10.9. The molecule has 0 aliphatic rings. The van der Waals surface area contributed by atoms with Crippen molar-refractivity contribution in [3.05, 3.63) is 10.4 Å². The van der Waals surface area contributed by atoms with Gasteiger partial charge in [0.1, 0.15) is 5.60 Å². The minimum Gasteiger partial charge on any atom is -0.444 e. The van der Waals surface area contributed by atoms with Crippen LogP contribution < -0.4 is 5.32 Å². The van der Waals surface area contributed by atoms with Crippen LogP contribution in [-0.2, 0) is 9.47 Å². The molecule has 0 aliphatic carbocycles. The minimum absolute atomic E-state index is 0.207. The molecule has 0 rings (SSSR count). The first-order chi connectivity index (χ1) is 9.87. The van der Waals surface area contributed by atoms with Gasteiger partial charge in [0.15, 0.2) is 0 Å². The number of hydrogen-bond acceptors (Lipinski definition) is 4. The lowest BCUT2D eigenvalue weighted by molar-refractivity contribution is 0.0146. The summed E-state index contributed by atoms with van der Waals surface area (Å²) >= 11 is 0. The van der Waals surface area contributed by atoms with Gasteiger partial charge in [0, 0.05) is 23.4 Å². The van der Waals surface area contributed by atoms with E-state index in [0.29, 0.717) is 26.3 Å². The highest BCUT2D eigenvalue weighted by Gasteiger charge is 2.24. The second-order valence-electron chi connectivity index (χ2n) is 8.07. The van der Waals surface area contributed by atoms with Crippen LogP contribution in [0.3, 0.4) is 0 Å². The Balaban J connectivity index is 4.14. The predicted octanol–water partition coefficient (Wildman–Crippen LogP) is 3.89.